The Balaban J connectivity index is 1.40. The Bertz CT molecular complexity index is 1190. The van der Waals surface area contributed by atoms with E-state index in [9.17, 15) is 17.6 Å². The molecule has 3 aromatic rings. The van der Waals surface area contributed by atoms with E-state index in [1.54, 1.807) is 31.2 Å². The van der Waals surface area contributed by atoms with Crippen LogP contribution in [0.3, 0.4) is 0 Å². The van der Waals surface area contributed by atoms with Crippen LogP contribution < -0.4 is 14.4 Å². The first kappa shape index (κ1) is 21.3. The molecule has 1 N–H and O–H groups in total. The molecule has 0 spiro atoms. The van der Waals surface area contributed by atoms with E-state index in [1.807, 2.05) is 0 Å². The summed E-state index contributed by atoms with van der Waals surface area (Å²) in [5, 5.41) is 3.44. The largest absolute Gasteiger partial charge is 0.486 e. The number of sulfonamides is 1. The quantitative estimate of drug-likeness (QED) is 0.600. The number of thiazole rings is 1. The third-order valence-electron chi connectivity index (χ3n) is 4.74. The van der Waals surface area contributed by atoms with E-state index in [4.69, 9.17) is 4.74 Å². The van der Waals surface area contributed by atoms with Gasteiger partial charge in [-0.05, 0) is 61.9 Å². The zero-order valence-corrected chi connectivity index (χ0v) is 18.3. The number of hydrogen-bond donors (Lipinski definition) is 1. The third-order valence-corrected chi connectivity index (χ3v) is 7.73. The lowest BCUT2D eigenvalue weighted by molar-refractivity contribution is 0.103. The Morgan fingerprint density at radius 3 is 2.55 bits per heavy atom. The van der Waals surface area contributed by atoms with Crippen LogP contribution in [-0.2, 0) is 16.6 Å². The Hall–Kier alpha value is -2.98. The zero-order valence-electron chi connectivity index (χ0n) is 16.7. The number of nitrogens with one attached hydrogen (secondary N) is 1. The molecule has 0 aliphatic carbocycles. The van der Waals surface area contributed by atoms with E-state index in [0.717, 1.165) is 0 Å². The highest BCUT2D eigenvalue weighted by Gasteiger charge is 2.28. The van der Waals surface area contributed by atoms with Crippen LogP contribution in [0.25, 0.3) is 0 Å². The molecule has 0 bridgehead atoms. The fourth-order valence-electron chi connectivity index (χ4n) is 3.23. The molecule has 2 aromatic carbocycles. The predicted molar refractivity (Wildman–Crippen MR) is 118 cm³/mol. The molecule has 1 aliphatic heterocycles. The molecular weight excluding hydrogens is 441 g/mol. The smallest absolute Gasteiger partial charge is 0.267 e. The highest BCUT2D eigenvalue weighted by molar-refractivity contribution is 7.93. The lowest BCUT2D eigenvalue weighted by atomic mass is 10.2. The number of nitrogens with zero attached hydrogens (tertiary/aromatic N) is 2. The van der Waals surface area contributed by atoms with Crippen LogP contribution in [0, 0.1) is 12.7 Å². The van der Waals surface area contributed by atoms with Gasteiger partial charge in [0.15, 0.2) is 0 Å². The summed E-state index contributed by atoms with van der Waals surface area (Å²) < 4.78 is 44.0. The first-order chi connectivity index (χ1) is 14.8. The first-order valence-electron chi connectivity index (χ1n) is 9.58. The van der Waals surface area contributed by atoms with Gasteiger partial charge in [-0.1, -0.05) is 0 Å². The summed E-state index contributed by atoms with van der Waals surface area (Å²) in [6.07, 6.45) is 0.610. The molecule has 31 heavy (non-hydrogen) atoms. The Labute approximate surface area is 183 Å². The van der Waals surface area contributed by atoms with Crippen LogP contribution in [-0.4, -0.2) is 31.6 Å². The molecule has 0 saturated carbocycles. The molecule has 7 nitrogen and oxygen atoms in total. The average molecular weight is 462 g/mol. The number of carbonyl (C=O) groups excluding carboxylic acids is 1. The molecule has 0 atom stereocenters. The second-order valence-corrected chi connectivity index (χ2v) is 10.1. The normalized spacial score (nSPS) is 15.1. The molecule has 10 heteroatoms. The van der Waals surface area contributed by atoms with Crippen LogP contribution in [0.1, 0.15) is 26.8 Å². The highest BCUT2D eigenvalue weighted by Crippen LogP contribution is 2.26. The van der Waals surface area contributed by atoms with Gasteiger partial charge in [-0.3, -0.25) is 9.10 Å². The fourth-order valence-corrected chi connectivity index (χ4v) is 5.67. The summed E-state index contributed by atoms with van der Waals surface area (Å²) >= 11 is 1.22. The van der Waals surface area contributed by atoms with Gasteiger partial charge in [0, 0.05) is 12.2 Å². The molecule has 2 heterocycles. The van der Waals surface area contributed by atoms with Crippen molar-refractivity contribution in [2.75, 3.05) is 21.9 Å². The number of amides is 1. The molecule has 1 aromatic heterocycles. The number of aryl methyl sites for hydroxylation is 1. The number of hydrogen-bond acceptors (Lipinski definition) is 6. The number of anilines is 2. The fraction of sp³-hybridized carbons (Fsp3) is 0.238. The van der Waals surface area contributed by atoms with Crippen molar-refractivity contribution < 1.29 is 22.3 Å². The van der Waals surface area contributed by atoms with Gasteiger partial charge < -0.3 is 10.1 Å². The van der Waals surface area contributed by atoms with Crippen LogP contribution >= 0.6 is 11.3 Å². The maximum Gasteiger partial charge on any atom is 0.267 e. The molecule has 0 unspecified atom stereocenters. The summed E-state index contributed by atoms with van der Waals surface area (Å²) in [5.41, 5.74) is 1.73. The second-order valence-electron chi connectivity index (χ2n) is 7.01. The number of aromatic nitrogens is 1. The first-order valence-corrected chi connectivity index (χ1v) is 12.0. The summed E-state index contributed by atoms with van der Waals surface area (Å²) in [6, 6.07) is 12.4. The van der Waals surface area contributed by atoms with Crippen molar-refractivity contribution in [3.8, 4) is 5.75 Å². The minimum absolute atomic E-state index is 0.156. The van der Waals surface area contributed by atoms with Gasteiger partial charge in [-0.25, -0.2) is 17.8 Å². The van der Waals surface area contributed by atoms with E-state index in [2.05, 4.69) is 10.3 Å². The zero-order chi connectivity index (χ0) is 22.0. The van der Waals surface area contributed by atoms with Gasteiger partial charge in [0.1, 0.15) is 28.1 Å². The molecule has 1 saturated heterocycles. The van der Waals surface area contributed by atoms with Crippen molar-refractivity contribution in [3.05, 3.63) is 69.9 Å². The third kappa shape index (κ3) is 4.86. The molecular formula is C21H20FN3O4S2. The van der Waals surface area contributed by atoms with Crippen LogP contribution in [0.4, 0.5) is 15.8 Å². The number of benzene rings is 2. The van der Waals surface area contributed by atoms with E-state index < -0.39 is 10.0 Å². The Morgan fingerprint density at radius 1 is 1.19 bits per heavy atom. The Morgan fingerprint density at radius 2 is 1.90 bits per heavy atom. The minimum Gasteiger partial charge on any atom is -0.486 e. The summed E-state index contributed by atoms with van der Waals surface area (Å²) in [5.74, 6) is 0.0278. The summed E-state index contributed by atoms with van der Waals surface area (Å²) in [4.78, 5) is 17.5. The van der Waals surface area contributed by atoms with Crippen molar-refractivity contribution in [2.24, 2.45) is 0 Å². The summed E-state index contributed by atoms with van der Waals surface area (Å²) in [6.45, 7) is 2.38. The van der Waals surface area contributed by atoms with Crippen LogP contribution in [0.15, 0.2) is 48.5 Å². The van der Waals surface area contributed by atoms with Gasteiger partial charge in [0.2, 0.25) is 10.0 Å². The summed E-state index contributed by atoms with van der Waals surface area (Å²) in [7, 11) is -3.24. The molecule has 1 aliphatic rings. The molecule has 4 rings (SSSR count). The van der Waals surface area contributed by atoms with Crippen molar-refractivity contribution in [2.45, 2.75) is 20.0 Å². The van der Waals surface area contributed by atoms with E-state index in [-0.39, 0.29) is 24.1 Å². The van der Waals surface area contributed by atoms with Gasteiger partial charge in [-0.2, -0.15) is 0 Å². The molecule has 0 radical (unpaired) electrons. The standard InChI is InChI=1S/C21H20FN3O4S2/c1-14-20(30-19(23-14)13-29-18-9-3-15(22)4-10-18)21(26)24-16-5-7-17(8-6-16)25-11-2-12-31(25,27)28/h3-10H,2,11-13H2,1H3,(H,24,26). The van der Waals surface area contributed by atoms with Crippen LogP contribution in [0.5, 0.6) is 5.75 Å². The van der Waals surface area contributed by atoms with Crippen molar-refractivity contribution in [3.63, 3.8) is 0 Å². The number of ether oxygens (including phenoxy) is 1. The van der Waals surface area contributed by atoms with Crippen molar-refractivity contribution in [1.29, 1.82) is 0 Å². The van der Waals surface area contributed by atoms with Gasteiger partial charge in [0.25, 0.3) is 5.91 Å². The van der Waals surface area contributed by atoms with Crippen molar-refractivity contribution >= 4 is 38.6 Å². The average Bonchev–Trinajstić information content (AvgIpc) is 3.29. The van der Waals surface area contributed by atoms with E-state index >= 15 is 0 Å². The maximum atomic E-state index is 13.0. The molecule has 162 valence electrons. The second kappa shape index (κ2) is 8.64. The molecule has 1 fully saturated rings. The van der Waals surface area contributed by atoms with Crippen molar-refractivity contribution in [1.82, 2.24) is 4.98 Å². The maximum absolute atomic E-state index is 13.0. The van der Waals surface area contributed by atoms with Gasteiger partial charge >= 0.3 is 0 Å². The SMILES string of the molecule is Cc1nc(COc2ccc(F)cc2)sc1C(=O)Nc1ccc(N2CCCS2(=O)=O)cc1. The number of carbonyl (C=O) groups is 1. The predicted octanol–water partition coefficient (Wildman–Crippen LogP) is 3.96. The Kier molecular flexibility index (Phi) is 5.92. The minimum atomic E-state index is -3.24. The number of halogens is 1. The van der Waals surface area contributed by atoms with E-state index in [0.29, 0.717) is 45.7 Å². The lowest BCUT2D eigenvalue weighted by Crippen LogP contribution is -2.24. The number of rotatable bonds is 6. The van der Waals surface area contributed by atoms with Crippen LogP contribution in [0.2, 0.25) is 0 Å². The van der Waals surface area contributed by atoms with Gasteiger partial charge in [0.05, 0.1) is 17.1 Å². The highest BCUT2D eigenvalue weighted by atomic mass is 32.2. The molecule has 1 amide bonds. The lowest BCUT2D eigenvalue weighted by Gasteiger charge is -2.17. The topological polar surface area (TPSA) is 88.6 Å². The van der Waals surface area contributed by atoms with Gasteiger partial charge in [-0.15, -0.1) is 11.3 Å². The van der Waals surface area contributed by atoms with E-state index in [1.165, 1.54) is 39.9 Å². The monoisotopic (exact) mass is 461 g/mol.